The van der Waals surface area contributed by atoms with Crippen molar-refractivity contribution < 1.29 is 4.79 Å². The summed E-state index contributed by atoms with van der Waals surface area (Å²) in [7, 11) is 0. The molecule has 2 nitrogen and oxygen atoms in total. The molecule has 2 atom stereocenters. The van der Waals surface area contributed by atoms with E-state index in [2.05, 4.69) is 5.32 Å². The predicted octanol–water partition coefficient (Wildman–Crippen LogP) is 1.09. The van der Waals surface area contributed by atoms with Crippen molar-refractivity contribution in [3.63, 3.8) is 0 Å². The summed E-state index contributed by atoms with van der Waals surface area (Å²) in [5.41, 5.74) is 0. The van der Waals surface area contributed by atoms with Crippen molar-refractivity contribution in [2.45, 2.75) is 26.3 Å². The van der Waals surface area contributed by atoms with E-state index in [4.69, 9.17) is 0 Å². The van der Waals surface area contributed by atoms with E-state index in [0.29, 0.717) is 6.04 Å². The largest absolute Gasteiger partial charge is 0.349 e. The van der Waals surface area contributed by atoms with Gasteiger partial charge in [-0.05, 0) is 13.3 Å². The highest BCUT2D eigenvalue weighted by Gasteiger charge is 2.35. The van der Waals surface area contributed by atoms with Gasteiger partial charge in [-0.15, -0.1) is 0 Å². The van der Waals surface area contributed by atoms with Crippen LogP contribution >= 0.6 is 0 Å². The van der Waals surface area contributed by atoms with E-state index in [1.807, 2.05) is 26.0 Å². The van der Waals surface area contributed by atoms with Gasteiger partial charge in [0.1, 0.15) is 0 Å². The zero-order valence-corrected chi connectivity index (χ0v) is 6.42. The molecule has 10 heavy (non-hydrogen) atoms. The van der Waals surface area contributed by atoms with Gasteiger partial charge in [-0.25, -0.2) is 0 Å². The minimum atomic E-state index is 0.200. The quantitative estimate of drug-likeness (QED) is 0.450. The fourth-order valence-corrected chi connectivity index (χ4v) is 1.27. The van der Waals surface area contributed by atoms with Crippen molar-refractivity contribution in [1.82, 2.24) is 5.32 Å². The Morgan fingerprint density at radius 3 is 2.80 bits per heavy atom. The Morgan fingerprint density at radius 2 is 2.40 bits per heavy atom. The molecule has 0 aliphatic carbocycles. The van der Waals surface area contributed by atoms with Gasteiger partial charge in [0.15, 0.2) is 0 Å². The molecule has 0 spiro atoms. The number of hydrogen-bond donors (Lipinski definition) is 1. The summed E-state index contributed by atoms with van der Waals surface area (Å²) >= 11 is 0. The standard InChI is InChI=1S/C8H13NO/c1-3-5-7-6(4-2)8(10)9-7/h3,5-7H,4H2,1-2H3,(H,9,10). The molecule has 2 heteroatoms. The number of rotatable bonds is 2. The van der Waals surface area contributed by atoms with Gasteiger partial charge >= 0.3 is 0 Å². The van der Waals surface area contributed by atoms with Gasteiger partial charge in [-0.2, -0.15) is 0 Å². The summed E-state index contributed by atoms with van der Waals surface area (Å²) in [6.45, 7) is 4.01. The monoisotopic (exact) mass is 139 g/mol. The number of nitrogens with one attached hydrogen (secondary N) is 1. The van der Waals surface area contributed by atoms with Gasteiger partial charge in [-0.1, -0.05) is 19.1 Å². The summed E-state index contributed by atoms with van der Waals surface area (Å²) in [5.74, 6) is 0.432. The lowest BCUT2D eigenvalue weighted by molar-refractivity contribution is -0.133. The highest BCUT2D eigenvalue weighted by Crippen LogP contribution is 2.18. The third-order valence-corrected chi connectivity index (χ3v) is 1.92. The van der Waals surface area contributed by atoms with Crippen molar-refractivity contribution >= 4 is 5.91 Å². The predicted molar refractivity (Wildman–Crippen MR) is 40.5 cm³/mol. The average Bonchev–Trinajstić information content (AvgIpc) is 1.88. The Kier molecular flexibility index (Phi) is 2.10. The third kappa shape index (κ3) is 1.06. The topological polar surface area (TPSA) is 29.1 Å². The summed E-state index contributed by atoms with van der Waals surface area (Å²) in [4.78, 5) is 10.8. The molecule has 2 unspecified atom stereocenters. The van der Waals surface area contributed by atoms with Crippen molar-refractivity contribution in [3.05, 3.63) is 12.2 Å². The maximum Gasteiger partial charge on any atom is 0.225 e. The van der Waals surface area contributed by atoms with E-state index in [1.54, 1.807) is 0 Å². The van der Waals surface area contributed by atoms with Gasteiger partial charge in [0.2, 0.25) is 5.91 Å². The highest BCUT2D eigenvalue weighted by atomic mass is 16.2. The molecule has 56 valence electrons. The fraction of sp³-hybridized carbons (Fsp3) is 0.625. The van der Waals surface area contributed by atoms with Crippen molar-refractivity contribution in [3.8, 4) is 0 Å². The van der Waals surface area contributed by atoms with Crippen LogP contribution < -0.4 is 5.32 Å². The third-order valence-electron chi connectivity index (χ3n) is 1.92. The zero-order valence-electron chi connectivity index (χ0n) is 6.42. The van der Waals surface area contributed by atoms with E-state index in [-0.39, 0.29) is 11.8 Å². The molecule has 0 bridgehead atoms. The Hall–Kier alpha value is -0.790. The maximum absolute atomic E-state index is 10.8. The molecule has 1 N–H and O–H groups in total. The summed E-state index contributed by atoms with van der Waals surface area (Å²) in [6.07, 6.45) is 4.96. The van der Waals surface area contributed by atoms with E-state index in [1.165, 1.54) is 0 Å². The van der Waals surface area contributed by atoms with Crippen LogP contribution in [0.2, 0.25) is 0 Å². The number of hydrogen-bond acceptors (Lipinski definition) is 1. The van der Waals surface area contributed by atoms with Gasteiger partial charge in [0, 0.05) is 0 Å². The molecule has 0 radical (unpaired) electrons. The lowest BCUT2D eigenvalue weighted by Gasteiger charge is -2.33. The molecule has 1 saturated heterocycles. The van der Waals surface area contributed by atoms with Gasteiger partial charge in [-0.3, -0.25) is 4.79 Å². The van der Waals surface area contributed by atoms with Crippen molar-refractivity contribution in [2.75, 3.05) is 0 Å². The van der Waals surface area contributed by atoms with Crippen LogP contribution in [0.3, 0.4) is 0 Å². The number of allylic oxidation sites excluding steroid dienone is 1. The molecular formula is C8H13NO. The van der Waals surface area contributed by atoms with Crippen LogP contribution in [0.1, 0.15) is 20.3 Å². The molecule has 1 heterocycles. The Labute approximate surface area is 61.3 Å². The molecular weight excluding hydrogens is 126 g/mol. The minimum absolute atomic E-state index is 0.200. The maximum atomic E-state index is 10.8. The Morgan fingerprint density at radius 1 is 1.70 bits per heavy atom. The summed E-state index contributed by atoms with van der Waals surface area (Å²) in [6, 6.07) is 0.308. The molecule has 1 rings (SSSR count). The van der Waals surface area contributed by atoms with Crippen LogP contribution in [-0.4, -0.2) is 11.9 Å². The molecule has 0 saturated carbocycles. The second kappa shape index (κ2) is 2.86. The van der Waals surface area contributed by atoms with Crippen LogP contribution in [0.4, 0.5) is 0 Å². The number of amides is 1. The normalized spacial score (nSPS) is 32.0. The van der Waals surface area contributed by atoms with Crippen LogP contribution in [0.5, 0.6) is 0 Å². The summed E-state index contributed by atoms with van der Waals surface area (Å²) < 4.78 is 0. The average molecular weight is 139 g/mol. The van der Waals surface area contributed by atoms with Crippen LogP contribution in [0.15, 0.2) is 12.2 Å². The van der Waals surface area contributed by atoms with Crippen LogP contribution in [0.25, 0.3) is 0 Å². The highest BCUT2D eigenvalue weighted by molar-refractivity contribution is 5.86. The minimum Gasteiger partial charge on any atom is -0.349 e. The number of β-lactam (4-membered cyclic amide) rings is 1. The Balaban J connectivity index is 2.45. The second-order valence-corrected chi connectivity index (χ2v) is 2.57. The smallest absolute Gasteiger partial charge is 0.225 e. The van der Waals surface area contributed by atoms with E-state index in [9.17, 15) is 4.79 Å². The summed E-state index contributed by atoms with van der Waals surface area (Å²) in [5, 5.41) is 2.82. The van der Waals surface area contributed by atoms with E-state index >= 15 is 0 Å². The van der Waals surface area contributed by atoms with E-state index < -0.39 is 0 Å². The lowest BCUT2D eigenvalue weighted by Crippen LogP contribution is -2.56. The van der Waals surface area contributed by atoms with Gasteiger partial charge in [0.25, 0.3) is 0 Å². The second-order valence-electron chi connectivity index (χ2n) is 2.57. The van der Waals surface area contributed by atoms with Gasteiger partial charge < -0.3 is 5.32 Å². The SMILES string of the molecule is CC=CC1NC(=O)C1CC. The number of carbonyl (C=O) groups excluding carboxylic acids is 1. The molecule has 1 amide bonds. The molecule has 0 aromatic heterocycles. The Bertz CT molecular complexity index is 163. The first-order valence-corrected chi connectivity index (χ1v) is 3.72. The first kappa shape index (κ1) is 7.32. The van der Waals surface area contributed by atoms with Crippen LogP contribution in [-0.2, 0) is 4.79 Å². The molecule has 1 fully saturated rings. The first-order chi connectivity index (χ1) is 4.79. The molecule has 1 aliphatic rings. The van der Waals surface area contributed by atoms with Gasteiger partial charge in [0.05, 0.1) is 12.0 Å². The van der Waals surface area contributed by atoms with Crippen molar-refractivity contribution in [1.29, 1.82) is 0 Å². The zero-order chi connectivity index (χ0) is 7.56. The fourth-order valence-electron chi connectivity index (χ4n) is 1.27. The van der Waals surface area contributed by atoms with Crippen LogP contribution in [0, 0.1) is 5.92 Å². The first-order valence-electron chi connectivity index (χ1n) is 3.72. The lowest BCUT2D eigenvalue weighted by atomic mass is 9.88. The molecule has 0 aromatic rings. The number of carbonyl (C=O) groups is 1. The van der Waals surface area contributed by atoms with Crippen molar-refractivity contribution in [2.24, 2.45) is 5.92 Å². The van der Waals surface area contributed by atoms with E-state index in [0.717, 1.165) is 6.42 Å². The molecule has 1 aliphatic heterocycles. The molecule has 0 aromatic carbocycles.